The van der Waals surface area contributed by atoms with Gasteiger partial charge in [-0.05, 0) is 30.0 Å². The van der Waals surface area contributed by atoms with E-state index in [0.717, 1.165) is 31.7 Å². The number of rotatable bonds is 4. The second kappa shape index (κ2) is 5.31. The molecule has 1 aliphatic carbocycles. The highest BCUT2D eigenvalue weighted by molar-refractivity contribution is 5.48. The molecule has 114 valence electrons. The van der Waals surface area contributed by atoms with Gasteiger partial charge in [-0.3, -0.25) is 0 Å². The summed E-state index contributed by atoms with van der Waals surface area (Å²) in [5.41, 5.74) is 4.36. The number of aromatic nitrogens is 2. The Bertz CT molecular complexity index is 729. The predicted octanol–water partition coefficient (Wildman–Crippen LogP) is 2.99. The molecule has 3 nitrogen and oxygen atoms in total. The highest BCUT2D eigenvalue weighted by Crippen LogP contribution is 2.40. The van der Waals surface area contributed by atoms with Gasteiger partial charge in [0.25, 0.3) is 5.82 Å². The Morgan fingerprint density at radius 3 is 3.09 bits per heavy atom. The van der Waals surface area contributed by atoms with E-state index in [-0.39, 0.29) is 0 Å². The lowest BCUT2D eigenvalue weighted by atomic mass is 10.0. The standard InChI is InChI=1S/C19H23N2O/c1-3-8-20-9-10-21(19(20)4-2)17-6-5-14-12-15-7-11-22-18(15)13-16(14)17/h3,9-10,12-13,17H,1,4-8,11H2,2H3/q+1. The summed E-state index contributed by atoms with van der Waals surface area (Å²) in [6, 6.07) is 5.13. The van der Waals surface area contributed by atoms with E-state index in [1.807, 2.05) is 6.08 Å². The zero-order chi connectivity index (χ0) is 15.1. The lowest BCUT2D eigenvalue weighted by Gasteiger charge is -2.12. The second-order valence-corrected chi connectivity index (χ2v) is 6.23. The second-order valence-electron chi connectivity index (χ2n) is 6.23. The van der Waals surface area contributed by atoms with Crippen molar-refractivity contribution in [3.8, 4) is 5.75 Å². The summed E-state index contributed by atoms with van der Waals surface area (Å²) in [5, 5.41) is 0. The third kappa shape index (κ3) is 1.99. The molecule has 0 saturated carbocycles. The Labute approximate surface area is 131 Å². The van der Waals surface area contributed by atoms with Crippen molar-refractivity contribution in [1.82, 2.24) is 4.57 Å². The van der Waals surface area contributed by atoms with Gasteiger partial charge in [0.2, 0.25) is 0 Å². The largest absolute Gasteiger partial charge is 0.493 e. The van der Waals surface area contributed by atoms with E-state index in [4.69, 9.17) is 4.74 Å². The minimum atomic E-state index is 0.450. The molecule has 0 N–H and O–H groups in total. The van der Waals surface area contributed by atoms with Crippen molar-refractivity contribution in [1.29, 1.82) is 0 Å². The van der Waals surface area contributed by atoms with Gasteiger partial charge in [0.1, 0.15) is 30.7 Å². The Hall–Kier alpha value is -2.03. The summed E-state index contributed by atoms with van der Waals surface area (Å²) in [6.07, 6.45) is 10.8. The first-order valence-electron chi connectivity index (χ1n) is 8.30. The van der Waals surface area contributed by atoms with Crippen LogP contribution >= 0.6 is 0 Å². The van der Waals surface area contributed by atoms with Crippen LogP contribution in [0.2, 0.25) is 0 Å². The average Bonchev–Trinajstić information content (AvgIpc) is 3.22. The average molecular weight is 295 g/mol. The highest BCUT2D eigenvalue weighted by atomic mass is 16.5. The number of benzene rings is 1. The van der Waals surface area contributed by atoms with Crippen molar-refractivity contribution in [2.75, 3.05) is 6.61 Å². The maximum absolute atomic E-state index is 5.78. The van der Waals surface area contributed by atoms with E-state index >= 15 is 0 Å². The molecule has 1 unspecified atom stereocenters. The topological polar surface area (TPSA) is 18.0 Å². The fourth-order valence-corrected chi connectivity index (χ4v) is 4.00. The van der Waals surface area contributed by atoms with Crippen LogP contribution in [-0.2, 0) is 25.8 Å². The summed E-state index contributed by atoms with van der Waals surface area (Å²) in [7, 11) is 0. The number of hydrogen-bond donors (Lipinski definition) is 0. The first-order valence-corrected chi connectivity index (χ1v) is 8.30. The minimum Gasteiger partial charge on any atom is -0.493 e. The molecule has 4 rings (SSSR count). The Morgan fingerprint density at radius 1 is 1.36 bits per heavy atom. The minimum absolute atomic E-state index is 0.450. The van der Waals surface area contributed by atoms with Crippen LogP contribution in [0.5, 0.6) is 5.75 Å². The molecular weight excluding hydrogens is 272 g/mol. The third-order valence-corrected chi connectivity index (χ3v) is 5.01. The predicted molar refractivity (Wildman–Crippen MR) is 86.3 cm³/mol. The van der Waals surface area contributed by atoms with Crippen LogP contribution in [0.1, 0.15) is 41.9 Å². The molecule has 1 aromatic carbocycles. The van der Waals surface area contributed by atoms with Gasteiger partial charge >= 0.3 is 0 Å². The summed E-state index contributed by atoms with van der Waals surface area (Å²) in [6.45, 7) is 7.81. The van der Waals surface area contributed by atoms with Gasteiger partial charge in [0, 0.05) is 18.4 Å². The maximum Gasteiger partial charge on any atom is 0.256 e. The smallest absolute Gasteiger partial charge is 0.256 e. The summed E-state index contributed by atoms with van der Waals surface area (Å²) in [5.74, 6) is 2.48. The molecule has 0 radical (unpaired) electrons. The molecule has 22 heavy (non-hydrogen) atoms. The van der Waals surface area contributed by atoms with Crippen molar-refractivity contribution in [2.45, 2.75) is 45.2 Å². The van der Waals surface area contributed by atoms with Crippen LogP contribution in [0.15, 0.2) is 37.2 Å². The van der Waals surface area contributed by atoms with E-state index < -0.39 is 0 Å². The molecule has 0 spiro atoms. The lowest BCUT2D eigenvalue weighted by Crippen LogP contribution is -2.36. The molecule has 2 aliphatic rings. The molecule has 0 amide bonds. The van der Waals surface area contributed by atoms with Crippen LogP contribution in [0.3, 0.4) is 0 Å². The van der Waals surface area contributed by atoms with Gasteiger partial charge in [0.05, 0.1) is 6.61 Å². The number of fused-ring (bicyclic) bond motifs is 2. The number of aryl methyl sites for hydroxylation is 1. The third-order valence-electron chi connectivity index (χ3n) is 5.01. The van der Waals surface area contributed by atoms with E-state index in [9.17, 15) is 0 Å². The molecule has 0 saturated heterocycles. The summed E-state index contributed by atoms with van der Waals surface area (Å²) < 4.78 is 10.5. The summed E-state index contributed by atoms with van der Waals surface area (Å²) >= 11 is 0. The monoisotopic (exact) mass is 295 g/mol. The van der Waals surface area contributed by atoms with Crippen LogP contribution < -0.4 is 9.30 Å². The number of allylic oxidation sites excluding steroid dienone is 1. The molecule has 1 aliphatic heterocycles. The van der Waals surface area contributed by atoms with Crippen molar-refractivity contribution in [3.63, 3.8) is 0 Å². The van der Waals surface area contributed by atoms with Crippen molar-refractivity contribution in [2.24, 2.45) is 0 Å². The maximum atomic E-state index is 5.78. The van der Waals surface area contributed by atoms with Crippen LogP contribution in [0.25, 0.3) is 0 Å². The van der Waals surface area contributed by atoms with Gasteiger partial charge in [-0.1, -0.05) is 25.6 Å². The van der Waals surface area contributed by atoms with Crippen LogP contribution in [0.4, 0.5) is 0 Å². The quantitative estimate of drug-likeness (QED) is 0.626. The van der Waals surface area contributed by atoms with Gasteiger partial charge in [0.15, 0.2) is 0 Å². The van der Waals surface area contributed by atoms with Gasteiger partial charge in [-0.25, -0.2) is 9.13 Å². The zero-order valence-electron chi connectivity index (χ0n) is 13.2. The van der Waals surface area contributed by atoms with Crippen molar-refractivity contribution >= 4 is 0 Å². The first kappa shape index (κ1) is 13.6. The molecule has 1 aromatic heterocycles. The first-order chi connectivity index (χ1) is 10.8. The normalized spacial score (nSPS) is 18.9. The van der Waals surface area contributed by atoms with Gasteiger partial charge in [-0.15, -0.1) is 0 Å². The Morgan fingerprint density at radius 2 is 2.27 bits per heavy atom. The molecule has 3 heteroatoms. The molecule has 0 bridgehead atoms. The number of nitrogens with zero attached hydrogens (tertiary/aromatic N) is 2. The number of ether oxygens (including phenoxy) is 1. The van der Waals surface area contributed by atoms with E-state index in [1.165, 1.54) is 35.4 Å². The molecule has 0 fully saturated rings. The number of imidazole rings is 1. The van der Waals surface area contributed by atoms with Gasteiger partial charge < -0.3 is 4.74 Å². The van der Waals surface area contributed by atoms with E-state index in [2.05, 4.69) is 47.2 Å². The highest BCUT2D eigenvalue weighted by Gasteiger charge is 2.32. The van der Waals surface area contributed by atoms with Gasteiger partial charge in [-0.2, -0.15) is 0 Å². The van der Waals surface area contributed by atoms with Crippen molar-refractivity contribution < 1.29 is 9.30 Å². The van der Waals surface area contributed by atoms with Crippen LogP contribution in [0, 0.1) is 0 Å². The zero-order valence-corrected chi connectivity index (χ0v) is 13.2. The lowest BCUT2D eigenvalue weighted by molar-refractivity contribution is -0.694. The van der Waals surface area contributed by atoms with E-state index in [1.54, 1.807) is 0 Å². The molecular formula is C19H23N2O+. The number of hydrogen-bond acceptors (Lipinski definition) is 1. The summed E-state index contributed by atoms with van der Waals surface area (Å²) in [4.78, 5) is 0. The molecule has 1 atom stereocenters. The fraction of sp³-hybridized carbons (Fsp3) is 0.421. The fourth-order valence-electron chi connectivity index (χ4n) is 4.00. The SMILES string of the molecule is C=CC[n+]1ccn(C2CCc3cc4c(cc32)OCC4)c1CC. The van der Waals surface area contributed by atoms with Crippen molar-refractivity contribution in [3.05, 3.63) is 59.7 Å². The van der Waals surface area contributed by atoms with E-state index in [0.29, 0.717) is 6.04 Å². The Balaban J connectivity index is 1.76. The van der Waals surface area contributed by atoms with Crippen LogP contribution in [-0.4, -0.2) is 11.2 Å². The molecule has 2 aromatic rings. The molecule has 2 heterocycles. The Kier molecular flexibility index (Phi) is 3.29.